The Morgan fingerprint density at radius 3 is 2.39 bits per heavy atom. The lowest BCUT2D eigenvalue weighted by Gasteiger charge is -2.21. The number of benzene rings is 3. The number of aromatic nitrogens is 1. The predicted molar refractivity (Wildman–Crippen MR) is 97.2 cm³/mol. The minimum atomic E-state index is 0.0105. The highest BCUT2D eigenvalue weighted by Gasteiger charge is 2.37. The van der Waals surface area contributed by atoms with Crippen molar-refractivity contribution in [2.24, 2.45) is 0 Å². The molecule has 0 radical (unpaired) electrons. The zero-order chi connectivity index (χ0) is 15.8. The molecule has 1 heterocycles. The standard InChI is InChI=1S/C21H18N2/c1-21(2)16-9-5-3-8-15(16)19-17(21)12-11-14-13-7-4-6-10-18(13)23(22)20(14)19/h3-12H,22H2,1-2H3. The number of nitrogen functional groups attached to an aromatic ring is 1. The number of fused-ring (bicyclic) bond motifs is 7. The Kier molecular flexibility index (Phi) is 2.20. The predicted octanol–water partition coefficient (Wildman–Crippen LogP) is 4.81. The second kappa shape index (κ2) is 3.96. The molecule has 112 valence electrons. The van der Waals surface area contributed by atoms with Crippen LogP contribution in [-0.4, -0.2) is 4.68 Å². The molecule has 0 bridgehead atoms. The molecule has 23 heavy (non-hydrogen) atoms. The van der Waals surface area contributed by atoms with Gasteiger partial charge in [0, 0.05) is 21.8 Å². The van der Waals surface area contributed by atoms with Gasteiger partial charge in [-0.1, -0.05) is 68.4 Å². The first-order chi connectivity index (χ1) is 11.1. The van der Waals surface area contributed by atoms with Gasteiger partial charge in [0.1, 0.15) is 0 Å². The molecule has 0 atom stereocenters. The van der Waals surface area contributed by atoms with Gasteiger partial charge in [-0.2, -0.15) is 0 Å². The highest BCUT2D eigenvalue weighted by molar-refractivity contribution is 6.14. The third-order valence-corrected chi connectivity index (χ3v) is 5.42. The highest BCUT2D eigenvalue weighted by atomic mass is 15.3. The number of nitrogens with two attached hydrogens (primary N) is 1. The summed E-state index contributed by atoms with van der Waals surface area (Å²) in [5.74, 6) is 6.51. The Labute approximate surface area is 135 Å². The monoisotopic (exact) mass is 298 g/mol. The van der Waals surface area contributed by atoms with Crippen molar-refractivity contribution < 1.29 is 0 Å². The molecule has 1 aliphatic carbocycles. The van der Waals surface area contributed by atoms with Gasteiger partial charge >= 0.3 is 0 Å². The maximum absolute atomic E-state index is 6.51. The number of rotatable bonds is 0. The summed E-state index contributed by atoms with van der Waals surface area (Å²) >= 11 is 0. The molecule has 1 aromatic heterocycles. The first-order valence-electron chi connectivity index (χ1n) is 8.02. The summed E-state index contributed by atoms with van der Waals surface area (Å²) in [4.78, 5) is 0. The van der Waals surface area contributed by atoms with Crippen molar-refractivity contribution in [3.8, 4) is 11.1 Å². The van der Waals surface area contributed by atoms with Crippen LogP contribution in [0.2, 0.25) is 0 Å². The molecule has 0 fully saturated rings. The smallest absolute Gasteiger partial charge is 0.0785 e. The van der Waals surface area contributed by atoms with Crippen molar-refractivity contribution in [3.05, 3.63) is 71.8 Å². The Balaban J connectivity index is 2.06. The minimum absolute atomic E-state index is 0.0105. The van der Waals surface area contributed by atoms with Gasteiger partial charge in [-0.3, -0.25) is 4.68 Å². The average molecular weight is 298 g/mol. The average Bonchev–Trinajstić information content (AvgIpc) is 2.99. The van der Waals surface area contributed by atoms with Crippen LogP contribution in [0.5, 0.6) is 0 Å². The Hall–Kier alpha value is -2.74. The molecule has 0 aliphatic heterocycles. The maximum Gasteiger partial charge on any atom is 0.0785 e. The maximum atomic E-state index is 6.51. The van der Waals surface area contributed by atoms with E-state index < -0.39 is 0 Å². The Morgan fingerprint density at radius 1 is 0.783 bits per heavy atom. The first kappa shape index (κ1) is 12.8. The molecule has 0 amide bonds. The van der Waals surface area contributed by atoms with Crippen LogP contribution in [0.3, 0.4) is 0 Å². The number of hydrogen-bond donors (Lipinski definition) is 1. The van der Waals surface area contributed by atoms with Crippen LogP contribution in [0.25, 0.3) is 32.9 Å². The summed E-state index contributed by atoms with van der Waals surface area (Å²) in [6.07, 6.45) is 0. The summed E-state index contributed by atoms with van der Waals surface area (Å²) in [6, 6.07) is 21.6. The lowest BCUT2D eigenvalue weighted by atomic mass is 9.82. The molecule has 1 aliphatic rings. The molecule has 0 spiro atoms. The summed E-state index contributed by atoms with van der Waals surface area (Å²) < 4.78 is 1.86. The normalized spacial score (nSPS) is 15.0. The Bertz CT molecular complexity index is 1100. The van der Waals surface area contributed by atoms with Crippen LogP contribution in [0, 0.1) is 0 Å². The van der Waals surface area contributed by atoms with Crippen LogP contribution >= 0.6 is 0 Å². The van der Waals surface area contributed by atoms with Crippen LogP contribution in [0.4, 0.5) is 0 Å². The molecule has 2 nitrogen and oxygen atoms in total. The van der Waals surface area contributed by atoms with E-state index in [-0.39, 0.29) is 5.41 Å². The lowest BCUT2D eigenvalue weighted by molar-refractivity contribution is 0.661. The molecular weight excluding hydrogens is 280 g/mol. The zero-order valence-corrected chi connectivity index (χ0v) is 13.3. The van der Waals surface area contributed by atoms with E-state index in [2.05, 4.69) is 68.4 Å². The SMILES string of the molecule is CC1(C)c2ccccc2-c2c1ccc1c3ccccc3n(N)c21. The van der Waals surface area contributed by atoms with E-state index in [0.717, 1.165) is 11.0 Å². The molecule has 0 saturated carbocycles. The van der Waals surface area contributed by atoms with E-state index in [1.54, 1.807) is 0 Å². The Morgan fingerprint density at radius 2 is 1.52 bits per heavy atom. The molecule has 2 heteroatoms. The van der Waals surface area contributed by atoms with E-state index in [0.29, 0.717) is 0 Å². The van der Waals surface area contributed by atoms with E-state index in [9.17, 15) is 0 Å². The number of hydrogen-bond acceptors (Lipinski definition) is 1. The molecule has 4 aromatic rings. The topological polar surface area (TPSA) is 30.9 Å². The van der Waals surface area contributed by atoms with E-state index in [4.69, 9.17) is 5.84 Å². The number of para-hydroxylation sites is 1. The van der Waals surface area contributed by atoms with Crippen LogP contribution in [-0.2, 0) is 5.41 Å². The van der Waals surface area contributed by atoms with Gasteiger partial charge in [-0.25, -0.2) is 0 Å². The quantitative estimate of drug-likeness (QED) is 0.464. The van der Waals surface area contributed by atoms with Crippen molar-refractivity contribution in [2.45, 2.75) is 19.3 Å². The fourth-order valence-electron chi connectivity index (χ4n) is 4.28. The van der Waals surface area contributed by atoms with E-state index in [1.165, 1.54) is 33.0 Å². The molecule has 2 N–H and O–H groups in total. The van der Waals surface area contributed by atoms with Crippen molar-refractivity contribution in [2.75, 3.05) is 5.84 Å². The van der Waals surface area contributed by atoms with Crippen molar-refractivity contribution in [1.82, 2.24) is 4.68 Å². The molecule has 3 aromatic carbocycles. The summed E-state index contributed by atoms with van der Waals surface area (Å²) in [6.45, 7) is 4.60. The minimum Gasteiger partial charge on any atom is -0.339 e. The highest BCUT2D eigenvalue weighted by Crippen LogP contribution is 2.51. The zero-order valence-electron chi connectivity index (χ0n) is 13.3. The summed E-state index contributed by atoms with van der Waals surface area (Å²) in [7, 11) is 0. The molecule has 0 saturated heterocycles. The third kappa shape index (κ3) is 1.39. The second-order valence-corrected chi connectivity index (χ2v) is 6.94. The summed E-state index contributed by atoms with van der Waals surface area (Å²) in [5.41, 5.74) is 7.58. The van der Waals surface area contributed by atoms with Gasteiger partial charge in [0.15, 0.2) is 0 Å². The van der Waals surface area contributed by atoms with Gasteiger partial charge in [-0.15, -0.1) is 0 Å². The van der Waals surface area contributed by atoms with E-state index >= 15 is 0 Å². The third-order valence-electron chi connectivity index (χ3n) is 5.42. The molecular formula is C21H18N2. The van der Waals surface area contributed by atoms with Crippen molar-refractivity contribution >= 4 is 21.8 Å². The molecule has 5 rings (SSSR count). The second-order valence-electron chi connectivity index (χ2n) is 6.94. The van der Waals surface area contributed by atoms with Gasteiger partial charge < -0.3 is 5.84 Å². The lowest BCUT2D eigenvalue weighted by Crippen LogP contribution is -2.15. The van der Waals surface area contributed by atoms with Crippen LogP contribution in [0.15, 0.2) is 60.7 Å². The summed E-state index contributed by atoms with van der Waals surface area (Å²) in [5, 5.41) is 2.45. The van der Waals surface area contributed by atoms with E-state index in [1.807, 2.05) is 10.7 Å². The van der Waals surface area contributed by atoms with Crippen molar-refractivity contribution in [1.29, 1.82) is 0 Å². The van der Waals surface area contributed by atoms with Gasteiger partial charge in [0.25, 0.3) is 0 Å². The van der Waals surface area contributed by atoms with Crippen molar-refractivity contribution in [3.63, 3.8) is 0 Å². The van der Waals surface area contributed by atoms with Gasteiger partial charge in [0.05, 0.1) is 11.0 Å². The molecule has 0 unspecified atom stereocenters. The van der Waals surface area contributed by atoms with Crippen LogP contribution in [0.1, 0.15) is 25.0 Å². The number of nitrogens with zero attached hydrogens (tertiary/aromatic N) is 1. The van der Waals surface area contributed by atoms with Gasteiger partial charge in [0.2, 0.25) is 0 Å². The first-order valence-corrected chi connectivity index (χ1v) is 8.02. The van der Waals surface area contributed by atoms with Crippen LogP contribution < -0.4 is 5.84 Å². The van der Waals surface area contributed by atoms with Gasteiger partial charge in [-0.05, 0) is 22.8 Å². The largest absolute Gasteiger partial charge is 0.339 e. The fraction of sp³-hybridized carbons (Fsp3) is 0.143. The fourth-order valence-corrected chi connectivity index (χ4v) is 4.28.